The van der Waals surface area contributed by atoms with Crippen LogP contribution in [0.25, 0.3) is 0 Å². The zero-order valence-corrected chi connectivity index (χ0v) is 22.4. The molecule has 2 aromatic rings. The van der Waals surface area contributed by atoms with Crippen LogP contribution in [0.3, 0.4) is 0 Å². The van der Waals surface area contributed by atoms with Crippen molar-refractivity contribution >= 4 is 22.4 Å². The molecule has 0 bridgehead atoms. The Labute approximate surface area is 214 Å². The van der Waals surface area contributed by atoms with Gasteiger partial charge in [-0.2, -0.15) is 4.31 Å². The molecule has 2 heterocycles. The maximum absolute atomic E-state index is 13.3. The molecule has 0 N–H and O–H groups in total. The second-order valence-corrected chi connectivity index (χ2v) is 10.7. The number of halogens is 1. The topological polar surface area (TPSA) is 77.5 Å². The average Bonchev–Trinajstić information content (AvgIpc) is 2.87. The normalized spacial score (nSPS) is 17.3. The molecule has 0 unspecified atom stereocenters. The summed E-state index contributed by atoms with van der Waals surface area (Å²) in [6.07, 6.45) is 2.64. The van der Waals surface area contributed by atoms with Crippen LogP contribution in [0, 0.1) is 5.92 Å². The summed E-state index contributed by atoms with van der Waals surface area (Å²) in [7, 11) is 2.67. The minimum atomic E-state index is -3.66. The van der Waals surface area contributed by atoms with Gasteiger partial charge in [0.2, 0.25) is 10.0 Å². The van der Waals surface area contributed by atoms with Gasteiger partial charge in [-0.1, -0.05) is 0 Å². The Hall–Kier alpha value is -2.20. The number of ether oxygens (including phenoxy) is 4. The van der Waals surface area contributed by atoms with Gasteiger partial charge in [-0.3, -0.25) is 4.90 Å². The van der Waals surface area contributed by atoms with Crippen LogP contribution in [0.1, 0.15) is 24.0 Å². The molecular weight excluding hydrogens is 492 g/mol. The van der Waals surface area contributed by atoms with Crippen LogP contribution in [-0.4, -0.2) is 72.2 Å². The summed E-state index contributed by atoms with van der Waals surface area (Å²) in [6.45, 7) is 3.83. The molecule has 4 rings (SSSR count). The SMILES string of the molecule is COc1ccc(OC)c(S(=O)(=O)N2CCC(CN3CCc4cc(OC)c(OC)cc4C3)CC2)c1.Cl. The van der Waals surface area contributed by atoms with Crippen LogP contribution in [0.5, 0.6) is 23.0 Å². The van der Waals surface area contributed by atoms with Crippen molar-refractivity contribution in [2.45, 2.75) is 30.7 Å². The predicted octanol–water partition coefficient (Wildman–Crippen LogP) is 3.60. The van der Waals surface area contributed by atoms with Crippen molar-refractivity contribution in [1.82, 2.24) is 9.21 Å². The van der Waals surface area contributed by atoms with E-state index in [0.29, 0.717) is 30.5 Å². The molecule has 0 saturated carbocycles. The molecular formula is C25H35ClN2O6S. The Balaban J connectivity index is 0.00000342. The molecule has 0 amide bonds. The van der Waals surface area contributed by atoms with Gasteiger partial charge in [0.1, 0.15) is 16.4 Å². The highest BCUT2D eigenvalue weighted by Crippen LogP contribution is 2.35. The lowest BCUT2D eigenvalue weighted by molar-refractivity contribution is 0.171. The molecule has 0 radical (unpaired) electrons. The Morgan fingerprint density at radius 2 is 1.46 bits per heavy atom. The van der Waals surface area contributed by atoms with Crippen LogP contribution in [0.4, 0.5) is 0 Å². The number of methoxy groups -OCH3 is 4. The highest BCUT2D eigenvalue weighted by atomic mass is 35.5. The highest BCUT2D eigenvalue weighted by Gasteiger charge is 2.33. The van der Waals surface area contributed by atoms with E-state index in [-0.39, 0.29) is 17.3 Å². The summed E-state index contributed by atoms with van der Waals surface area (Å²) in [5.74, 6) is 2.82. The number of nitrogens with zero attached hydrogens (tertiary/aromatic N) is 2. The van der Waals surface area contributed by atoms with Crippen LogP contribution < -0.4 is 18.9 Å². The Morgan fingerprint density at radius 1 is 0.829 bits per heavy atom. The van der Waals surface area contributed by atoms with Gasteiger partial charge in [0, 0.05) is 38.8 Å². The minimum Gasteiger partial charge on any atom is -0.497 e. The molecule has 8 nitrogen and oxygen atoms in total. The van der Waals surface area contributed by atoms with Crippen LogP contribution in [0.15, 0.2) is 35.2 Å². The third-order valence-electron chi connectivity index (χ3n) is 6.88. The molecule has 1 saturated heterocycles. The molecule has 2 aromatic carbocycles. The molecule has 10 heteroatoms. The fourth-order valence-electron chi connectivity index (χ4n) is 4.92. The molecule has 0 aromatic heterocycles. The summed E-state index contributed by atoms with van der Waals surface area (Å²) in [4.78, 5) is 2.62. The average molecular weight is 527 g/mol. The van der Waals surface area contributed by atoms with E-state index in [0.717, 1.165) is 50.4 Å². The van der Waals surface area contributed by atoms with E-state index in [1.54, 1.807) is 30.7 Å². The van der Waals surface area contributed by atoms with Gasteiger partial charge in [0.25, 0.3) is 0 Å². The Bertz CT molecular complexity index is 1120. The van der Waals surface area contributed by atoms with E-state index in [9.17, 15) is 8.42 Å². The molecule has 0 aliphatic carbocycles. The quantitative estimate of drug-likeness (QED) is 0.520. The number of benzene rings is 2. The fraction of sp³-hybridized carbons (Fsp3) is 0.520. The maximum Gasteiger partial charge on any atom is 0.246 e. The van der Waals surface area contributed by atoms with Crippen molar-refractivity contribution in [2.75, 3.05) is 54.6 Å². The number of fused-ring (bicyclic) bond motifs is 1. The first kappa shape index (κ1) is 27.4. The van der Waals surface area contributed by atoms with Gasteiger partial charge in [-0.15, -0.1) is 12.4 Å². The van der Waals surface area contributed by atoms with Crippen molar-refractivity contribution in [3.05, 3.63) is 41.5 Å². The van der Waals surface area contributed by atoms with Gasteiger partial charge in [0.05, 0.1) is 28.4 Å². The largest absolute Gasteiger partial charge is 0.497 e. The third-order valence-corrected chi connectivity index (χ3v) is 8.80. The van der Waals surface area contributed by atoms with E-state index in [2.05, 4.69) is 17.0 Å². The van der Waals surface area contributed by atoms with Crippen molar-refractivity contribution in [1.29, 1.82) is 0 Å². The second kappa shape index (κ2) is 11.7. The van der Waals surface area contributed by atoms with Crippen molar-refractivity contribution < 1.29 is 27.4 Å². The smallest absolute Gasteiger partial charge is 0.246 e. The summed E-state index contributed by atoms with van der Waals surface area (Å²) < 4.78 is 49.7. The lowest BCUT2D eigenvalue weighted by Crippen LogP contribution is -2.42. The van der Waals surface area contributed by atoms with Crippen molar-refractivity contribution in [2.24, 2.45) is 5.92 Å². The summed E-state index contributed by atoms with van der Waals surface area (Å²) in [6, 6.07) is 9.04. The lowest BCUT2D eigenvalue weighted by atomic mass is 9.94. The summed E-state index contributed by atoms with van der Waals surface area (Å²) in [5, 5.41) is 0. The molecule has 35 heavy (non-hydrogen) atoms. The summed E-state index contributed by atoms with van der Waals surface area (Å²) in [5.41, 5.74) is 2.58. The van der Waals surface area contributed by atoms with Gasteiger partial charge >= 0.3 is 0 Å². The first-order chi connectivity index (χ1) is 16.4. The van der Waals surface area contributed by atoms with E-state index < -0.39 is 10.0 Å². The summed E-state index contributed by atoms with van der Waals surface area (Å²) >= 11 is 0. The van der Waals surface area contributed by atoms with Gasteiger partial charge in [-0.25, -0.2) is 8.42 Å². The van der Waals surface area contributed by atoms with E-state index in [4.69, 9.17) is 18.9 Å². The highest BCUT2D eigenvalue weighted by molar-refractivity contribution is 7.89. The van der Waals surface area contributed by atoms with E-state index in [1.807, 2.05) is 0 Å². The first-order valence-corrected chi connectivity index (χ1v) is 13.0. The molecule has 1 fully saturated rings. The van der Waals surface area contributed by atoms with Gasteiger partial charge < -0.3 is 18.9 Å². The molecule has 2 aliphatic heterocycles. The third kappa shape index (κ3) is 5.80. The zero-order chi connectivity index (χ0) is 24.3. The number of hydrogen-bond donors (Lipinski definition) is 0. The molecule has 2 aliphatic rings. The minimum absolute atomic E-state index is 0. The van der Waals surface area contributed by atoms with E-state index >= 15 is 0 Å². The van der Waals surface area contributed by atoms with Crippen molar-refractivity contribution in [3.8, 4) is 23.0 Å². The molecule has 0 atom stereocenters. The molecule has 0 spiro atoms. The number of sulfonamides is 1. The Kier molecular flexibility index (Phi) is 9.15. The van der Waals surface area contributed by atoms with Crippen LogP contribution in [-0.2, 0) is 23.0 Å². The number of rotatable bonds is 8. The van der Waals surface area contributed by atoms with Crippen LogP contribution >= 0.6 is 12.4 Å². The number of piperidine rings is 1. The zero-order valence-electron chi connectivity index (χ0n) is 20.8. The van der Waals surface area contributed by atoms with Crippen LogP contribution in [0.2, 0.25) is 0 Å². The second-order valence-electron chi connectivity index (χ2n) is 8.83. The first-order valence-electron chi connectivity index (χ1n) is 11.6. The predicted molar refractivity (Wildman–Crippen MR) is 137 cm³/mol. The Morgan fingerprint density at radius 3 is 2.06 bits per heavy atom. The number of hydrogen-bond acceptors (Lipinski definition) is 7. The van der Waals surface area contributed by atoms with E-state index in [1.165, 1.54) is 31.4 Å². The fourth-order valence-corrected chi connectivity index (χ4v) is 6.56. The standard InChI is InChI=1S/C25H34N2O6S.ClH/c1-30-21-5-6-22(31-2)25(15-21)34(28,29)27-11-7-18(8-12-27)16-26-10-9-19-13-23(32-3)24(33-4)14-20(19)17-26;/h5-6,13-15,18H,7-12,16-17H2,1-4H3;1H. The monoisotopic (exact) mass is 526 g/mol. The van der Waals surface area contributed by atoms with Crippen molar-refractivity contribution in [3.63, 3.8) is 0 Å². The molecule has 194 valence electrons. The lowest BCUT2D eigenvalue weighted by Gasteiger charge is -2.36. The maximum atomic E-state index is 13.3. The van der Waals surface area contributed by atoms with Gasteiger partial charge in [-0.05, 0) is 60.6 Å². The van der Waals surface area contributed by atoms with Gasteiger partial charge in [0.15, 0.2) is 11.5 Å².